The molecule has 0 atom stereocenters. The first-order chi connectivity index (χ1) is 9.86. The van der Waals surface area contributed by atoms with Crippen molar-refractivity contribution in [3.63, 3.8) is 0 Å². The molecule has 1 fully saturated rings. The molecule has 6 heteroatoms. The molecule has 0 saturated carbocycles. The fourth-order valence-electron chi connectivity index (χ4n) is 2.72. The van der Waals surface area contributed by atoms with Crippen LogP contribution >= 0.6 is 0 Å². The Hall–Kier alpha value is -1.27. The summed E-state index contributed by atoms with van der Waals surface area (Å²) in [6.07, 6.45) is -2.43. The van der Waals surface area contributed by atoms with Crippen molar-refractivity contribution < 1.29 is 17.9 Å². The highest BCUT2D eigenvalue weighted by Crippen LogP contribution is 2.34. The lowest BCUT2D eigenvalue weighted by Gasteiger charge is -2.27. The van der Waals surface area contributed by atoms with Gasteiger partial charge in [-0.1, -0.05) is 6.07 Å². The molecule has 1 aliphatic heterocycles. The van der Waals surface area contributed by atoms with Gasteiger partial charge in [0.05, 0.1) is 5.56 Å². The number of ether oxygens (including phenoxy) is 1. The van der Waals surface area contributed by atoms with Gasteiger partial charge in [-0.15, -0.1) is 0 Å². The molecule has 1 heterocycles. The largest absolute Gasteiger partial charge is 0.416 e. The Bertz CT molecular complexity index is 470. The lowest BCUT2D eigenvalue weighted by atomic mass is 9.99. The lowest BCUT2D eigenvalue weighted by molar-refractivity contribution is -0.138. The van der Waals surface area contributed by atoms with E-state index in [0.29, 0.717) is 5.92 Å². The van der Waals surface area contributed by atoms with Crippen molar-refractivity contribution in [3.8, 4) is 0 Å². The van der Waals surface area contributed by atoms with Gasteiger partial charge in [0.1, 0.15) is 0 Å². The highest BCUT2D eigenvalue weighted by atomic mass is 19.4. The number of hydrogen-bond donors (Lipinski definition) is 1. The summed E-state index contributed by atoms with van der Waals surface area (Å²) < 4.78 is 44.4. The van der Waals surface area contributed by atoms with Crippen molar-refractivity contribution in [2.24, 2.45) is 5.92 Å². The number of rotatable bonds is 4. The van der Waals surface area contributed by atoms with Crippen LogP contribution in [0.15, 0.2) is 18.2 Å². The van der Waals surface area contributed by atoms with Gasteiger partial charge in [0, 0.05) is 32.0 Å². The summed E-state index contributed by atoms with van der Waals surface area (Å²) in [4.78, 5) is 1.94. The third kappa shape index (κ3) is 4.61. The molecule has 2 rings (SSSR count). The average Bonchev–Trinajstić information content (AvgIpc) is 2.40. The highest BCUT2D eigenvalue weighted by molar-refractivity contribution is 5.46. The minimum absolute atomic E-state index is 0.137. The minimum Gasteiger partial charge on any atom is -0.399 e. The van der Waals surface area contributed by atoms with Crippen LogP contribution in [0, 0.1) is 5.92 Å². The van der Waals surface area contributed by atoms with Gasteiger partial charge >= 0.3 is 6.18 Å². The van der Waals surface area contributed by atoms with Crippen LogP contribution in [-0.4, -0.2) is 31.7 Å². The van der Waals surface area contributed by atoms with Gasteiger partial charge in [-0.3, -0.25) is 0 Å². The van der Waals surface area contributed by atoms with Crippen molar-refractivity contribution in [3.05, 3.63) is 29.3 Å². The number of nitrogens with two attached hydrogens (primary N) is 1. The standard InChI is InChI=1S/C15H21F3N2O/c1-20(9-11-4-6-21-7-5-11)10-12-2-3-13(19)8-14(12)15(16,17)18/h2-3,8,11H,4-7,9-10,19H2,1H3. The van der Waals surface area contributed by atoms with E-state index in [4.69, 9.17) is 10.5 Å². The first-order valence-electron chi connectivity index (χ1n) is 7.08. The van der Waals surface area contributed by atoms with Gasteiger partial charge in [0.15, 0.2) is 0 Å². The molecule has 3 nitrogen and oxygen atoms in total. The molecule has 118 valence electrons. The second-order valence-corrected chi connectivity index (χ2v) is 5.67. The van der Waals surface area contributed by atoms with E-state index < -0.39 is 11.7 Å². The number of nitrogen functional groups attached to an aromatic ring is 1. The topological polar surface area (TPSA) is 38.5 Å². The summed E-state index contributed by atoms with van der Waals surface area (Å²) in [5.41, 5.74) is 5.25. The quantitative estimate of drug-likeness (QED) is 0.868. The number of halogens is 3. The van der Waals surface area contributed by atoms with E-state index in [-0.39, 0.29) is 17.8 Å². The fraction of sp³-hybridized carbons (Fsp3) is 0.600. The van der Waals surface area contributed by atoms with Crippen molar-refractivity contribution >= 4 is 5.69 Å². The first kappa shape index (κ1) is 16.1. The van der Waals surface area contributed by atoms with Crippen molar-refractivity contribution in [1.29, 1.82) is 0 Å². The summed E-state index contributed by atoms with van der Waals surface area (Å²) >= 11 is 0. The molecule has 0 aliphatic carbocycles. The Morgan fingerprint density at radius 3 is 2.57 bits per heavy atom. The zero-order valence-corrected chi connectivity index (χ0v) is 12.1. The second kappa shape index (κ2) is 6.66. The molecule has 0 aromatic heterocycles. The van der Waals surface area contributed by atoms with E-state index in [1.54, 1.807) is 0 Å². The molecule has 2 N–H and O–H groups in total. The van der Waals surface area contributed by atoms with Crippen molar-refractivity contribution in [2.75, 3.05) is 32.5 Å². The van der Waals surface area contributed by atoms with Crippen LogP contribution in [0.25, 0.3) is 0 Å². The Balaban J connectivity index is 2.04. The third-order valence-corrected chi connectivity index (χ3v) is 3.79. The molecule has 0 amide bonds. The number of alkyl halides is 3. The van der Waals surface area contributed by atoms with Crippen molar-refractivity contribution in [1.82, 2.24) is 4.90 Å². The third-order valence-electron chi connectivity index (χ3n) is 3.79. The maximum absolute atomic E-state index is 13.0. The first-order valence-corrected chi connectivity index (χ1v) is 7.08. The molecule has 0 spiro atoms. The number of nitrogens with zero attached hydrogens (tertiary/aromatic N) is 1. The molecule has 0 unspecified atom stereocenters. The maximum Gasteiger partial charge on any atom is 0.416 e. The fourth-order valence-corrected chi connectivity index (χ4v) is 2.72. The monoisotopic (exact) mass is 302 g/mol. The van der Waals surface area contributed by atoms with Crippen LogP contribution in [0.1, 0.15) is 24.0 Å². The SMILES string of the molecule is CN(Cc1ccc(N)cc1C(F)(F)F)CC1CCOCC1. The Morgan fingerprint density at radius 1 is 1.29 bits per heavy atom. The Labute approximate surface area is 122 Å². The van der Waals surface area contributed by atoms with Crippen LogP contribution in [-0.2, 0) is 17.5 Å². The van der Waals surface area contributed by atoms with Gasteiger partial charge in [0.25, 0.3) is 0 Å². The molecule has 0 bridgehead atoms. The molecule has 0 radical (unpaired) electrons. The summed E-state index contributed by atoms with van der Waals surface area (Å²) in [6, 6.07) is 4.00. The smallest absolute Gasteiger partial charge is 0.399 e. The zero-order chi connectivity index (χ0) is 15.5. The molecule has 1 aromatic rings. The molecular weight excluding hydrogens is 281 g/mol. The van der Waals surface area contributed by atoms with Gasteiger partial charge in [0.2, 0.25) is 0 Å². The predicted octanol–water partition coefficient (Wildman–Crippen LogP) is 3.15. The highest BCUT2D eigenvalue weighted by Gasteiger charge is 2.33. The van der Waals surface area contributed by atoms with Gasteiger partial charge in [-0.25, -0.2) is 0 Å². The normalized spacial score (nSPS) is 17.4. The van der Waals surface area contributed by atoms with E-state index in [9.17, 15) is 13.2 Å². The van der Waals surface area contributed by atoms with Gasteiger partial charge in [-0.05, 0) is 43.5 Å². The average molecular weight is 302 g/mol. The van der Waals surface area contributed by atoms with Crippen LogP contribution in [0.5, 0.6) is 0 Å². The molecular formula is C15H21F3N2O. The lowest BCUT2D eigenvalue weighted by Crippen LogP contribution is -2.30. The predicted molar refractivity (Wildman–Crippen MR) is 75.7 cm³/mol. The summed E-state index contributed by atoms with van der Waals surface area (Å²) in [7, 11) is 1.85. The molecule has 1 aliphatic rings. The Kier molecular flexibility index (Phi) is 5.11. The van der Waals surface area contributed by atoms with Crippen LogP contribution < -0.4 is 5.73 Å². The van der Waals surface area contributed by atoms with E-state index in [1.165, 1.54) is 12.1 Å². The van der Waals surface area contributed by atoms with E-state index >= 15 is 0 Å². The maximum atomic E-state index is 13.0. The van der Waals surface area contributed by atoms with Crippen LogP contribution in [0.2, 0.25) is 0 Å². The molecule has 1 saturated heterocycles. The molecule has 1 aromatic carbocycles. The Morgan fingerprint density at radius 2 is 1.95 bits per heavy atom. The number of anilines is 1. The minimum atomic E-state index is -4.37. The van der Waals surface area contributed by atoms with Crippen LogP contribution in [0.3, 0.4) is 0 Å². The van der Waals surface area contributed by atoms with E-state index in [1.807, 2.05) is 11.9 Å². The zero-order valence-electron chi connectivity index (χ0n) is 12.1. The van der Waals surface area contributed by atoms with Gasteiger partial charge in [-0.2, -0.15) is 13.2 Å². The number of hydrogen-bond acceptors (Lipinski definition) is 3. The van der Waals surface area contributed by atoms with E-state index in [0.717, 1.165) is 38.7 Å². The summed E-state index contributed by atoms with van der Waals surface area (Å²) in [5.74, 6) is 0.492. The molecule has 21 heavy (non-hydrogen) atoms. The summed E-state index contributed by atoms with van der Waals surface area (Å²) in [6.45, 7) is 2.54. The van der Waals surface area contributed by atoms with Crippen molar-refractivity contribution in [2.45, 2.75) is 25.6 Å². The summed E-state index contributed by atoms with van der Waals surface area (Å²) in [5, 5.41) is 0. The van der Waals surface area contributed by atoms with E-state index in [2.05, 4.69) is 0 Å². The van der Waals surface area contributed by atoms with Gasteiger partial charge < -0.3 is 15.4 Å². The van der Waals surface area contributed by atoms with Crippen LogP contribution in [0.4, 0.5) is 18.9 Å². The number of benzene rings is 1. The second-order valence-electron chi connectivity index (χ2n) is 5.67.